The summed E-state index contributed by atoms with van der Waals surface area (Å²) in [6, 6.07) is 13.4. The molecule has 14 nitrogen and oxygen atoms in total. The molecule has 3 aromatic carbocycles. The summed E-state index contributed by atoms with van der Waals surface area (Å²) >= 11 is 6.06. The number of hydrogen-bond donors (Lipinski definition) is 1. The van der Waals surface area contributed by atoms with Crippen LogP contribution >= 0.6 is 11.6 Å². The standard InChI is InChI=1S/C28H26ClN7O7/c1-3-33(12-6-7-13-34-27(38)20-8-4-5-9-21(20)28(34)39)18-10-11-23(24(15-18)30-17(2)37)31-32-26-22(29)14-19(35(40)41)16-25(26)36(42)43/h4-5,8-11,14-16H,3,6-7,12-13H2,1-2H3,(H,30,37)/b32-31+. The topological polar surface area (TPSA) is 181 Å². The van der Waals surface area contributed by atoms with Gasteiger partial charge in [-0.15, -0.1) is 10.2 Å². The summed E-state index contributed by atoms with van der Waals surface area (Å²) in [5.41, 5.74) is 0.380. The van der Waals surface area contributed by atoms with Crippen LogP contribution in [-0.2, 0) is 4.79 Å². The maximum atomic E-state index is 12.6. The fourth-order valence-corrected chi connectivity index (χ4v) is 4.85. The van der Waals surface area contributed by atoms with Gasteiger partial charge in [-0.1, -0.05) is 23.7 Å². The first kappa shape index (κ1) is 30.7. The summed E-state index contributed by atoms with van der Waals surface area (Å²) in [4.78, 5) is 61.4. The van der Waals surface area contributed by atoms with Gasteiger partial charge in [-0.25, -0.2) is 0 Å². The molecule has 222 valence electrons. The van der Waals surface area contributed by atoms with E-state index in [0.29, 0.717) is 37.1 Å². The maximum Gasteiger partial charge on any atom is 0.305 e. The summed E-state index contributed by atoms with van der Waals surface area (Å²) in [5, 5.41) is 32.9. The van der Waals surface area contributed by atoms with E-state index in [1.165, 1.54) is 11.8 Å². The molecule has 43 heavy (non-hydrogen) atoms. The number of nitro benzene ring substituents is 2. The fourth-order valence-electron chi connectivity index (χ4n) is 4.60. The molecule has 1 N–H and O–H groups in total. The molecule has 0 aliphatic carbocycles. The van der Waals surface area contributed by atoms with Crippen molar-refractivity contribution in [2.75, 3.05) is 29.9 Å². The number of anilines is 2. The van der Waals surface area contributed by atoms with Gasteiger partial charge < -0.3 is 10.2 Å². The quantitative estimate of drug-likeness (QED) is 0.0802. The maximum absolute atomic E-state index is 12.6. The molecule has 0 bridgehead atoms. The SMILES string of the molecule is CCN(CCCCN1C(=O)c2ccccc2C1=O)c1ccc(/N=N/c2c(Cl)cc([N+](=O)[O-])cc2[N+](=O)[O-])c(NC(C)=O)c1. The predicted octanol–water partition coefficient (Wildman–Crippen LogP) is 6.43. The van der Waals surface area contributed by atoms with Gasteiger partial charge in [0, 0.05) is 38.3 Å². The van der Waals surface area contributed by atoms with Crippen molar-refractivity contribution < 1.29 is 24.2 Å². The molecule has 4 rings (SSSR count). The number of non-ortho nitro benzene ring substituents is 1. The Balaban J connectivity index is 1.49. The zero-order chi connectivity index (χ0) is 31.3. The van der Waals surface area contributed by atoms with E-state index in [1.54, 1.807) is 42.5 Å². The van der Waals surface area contributed by atoms with E-state index < -0.39 is 27.1 Å². The van der Waals surface area contributed by atoms with Gasteiger partial charge in [-0.05, 0) is 50.1 Å². The molecule has 0 saturated carbocycles. The van der Waals surface area contributed by atoms with Crippen LogP contribution in [0.1, 0.15) is 47.4 Å². The Morgan fingerprint density at radius 2 is 1.65 bits per heavy atom. The molecule has 3 aromatic rings. The number of fused-ring (bicyclic) bond motifs is 1. The summed E-state index contributed by atoms with van der Waals surface area (Å²) in [5.74, 6) is -0.979. The van der Waals surface area contributed by atoms with Crippen molar-refractivity contribution in [3.05, 3.63) is 91.0 Å². The van der Waals surface area contributed by atoms with Gasteiger partial charge in [0.15, 0.2) is 5.69 Å². The smallest absolute Gasteiger partial charge is 0.305 e. The van der Waals surface area contributed by atoms with Crippen molar-refractivity contribution in [3.63, 3.8) is 0 Å². The van der Waals surface area contributed by atoms with Crippen molar-refractivity contribution in [2.45, 2.75) is 26.7 Å². The van der Waals surface area contributed by atoms with Crippen molar-refractivity contribution in [2.24, 2.45) is 10.2 Å². The second-order valence-corrected chi connectivity index (χ2v) is 9.89. The minimum absolute atomic E-state index is 0.171. The Labute approximate surface area is 250 Å². The second kappa shape index (κ2) is 13.2. The van der Waals surface area contributed by atoms with Crippen LogP contribution in [0.4, 0.5) is 34.1 Å². The number of nitrogens with zero attached hydrogens (tertiary/aromatic N) is 6. The number of amides is 3. The van der Waals surface area contributed by atoms with E-state index in [9.17, 15) is 34.6 Å². The molecule has 1 heterocycles. The van der Waals surface area contributed by atoms with Crippen molar-refractivity contribution in [3.8, 4) is 0 Å². The van der Waals surface area contributed by atoms with E-state index in [2.05, 4.69) is 15.5 Å². The molecule has 1 aliphatic heterocycles. The zero-order valence-corrected chi connectivity index (χ0v) is 23.9. The monoisotopic (exact) mass is 607 g/mol. The fraction of sp³-hybridized carbons (Fsp3) is 0.250. The minimum atomic E-state index is -0.849. The van der Waals surface area contributed by atoms with Crippen molar-refractivity contribution >= 4 is 63.4 Å². The summed E-state index contributed by atoms with van der Waals surface area (Å²) < 4.78 is 0. The van der Waals surface area contributed by atoms with Crippen LogP contribution in [0.3, 0.4) is 0 Å². The Hall–Kier alpha value is -5.24. The normalized spacial score (nSPS) is 12.5. The van der Waals surface area contributed by atoms with Crippen molar-refractivity contribution in [1.29, 1.82) is 0 Å². The van der Waals surface area contributed by atoms with Crippen LogP contribution in [0, 0.1) is 20.2 Å². The summed E-state index contributed by atoms with van der Waals surface area (Å²) in [6.45, 7) is 4.74. The van der Waals surface area contributed by atoms with Gasteiger partial charge in [-0.2, -0.15) is 0 Å². The number of carbonyl (C=O) groups is 3. The Kier molecular flexibility index (Phi) is 9.40. The van der Waals surface area contributed by atoms with E-state index >= 15 is 0 Å². The van der Waals surface area contributed by atoms with Crippen LogP contribution in [0.2, 0.25) is 5.02 Å². The first-order chi connectivity index (χ1) is 20.5. The van der Waals surface area contributed by atoms with Gasteiger partial charge in [0.05, 0.1) is 37.7 Å². The predicted molar refractivity (Wildman–Crippen MR) is 159 cm³/mol. The zero-order valence-electron chi connectivity index (χ0n) is 23.2. The number of hydrogen-bond acceptors (Lipinski definition) is 10. The molecule has 0 saturated heterocycles. The molecular weight excluding hydrogens is 582 g/mol. The number of unbranched alkanes of at least 4 members (excludes halogenated alkanes) is 1. The second-order valence-electron chi connectivity index (χ2n) is 9.49. The lowest BCUT2D eigenvalue weighted by atomic mass is 10.1. The number of halogens is 1. The number of carbonyl (C=O) groups excluding carboxylic acids is 3. The lowest BCUT2D eigenvalue weighted by molar-refractivity contribution is -0.393. The molecule has 3 amide bonds. The number of rotatable bonds is 12. The Bertz CT molecular complexity index is 1630. The highest BCUT2D eigenvalue weighted by molar-refractivity contribution is 6.33. The molecule has 0 fully saturated rings. The first-order valence-electron chi connectivity index (χ1n) is 13.2. The molecule has 0 radical (unpaired) electrons. The number of imide groups is 1. The average Bonchev–Trinajstić information content (AvgIpc) is 3.21. The van der Waals surface area contributed by atoms with E-state index in [4.69, 9.17) is 11.6 Å². The lowest BCUT2D eigenvalue weighted by Gasteiger charge is -2.24. The van der Waals surface area contributed by atoms with E-state index in [0.717, 1.165) is 17.8 Å². The molecule has 15 heteroatoms. The van der Waals surface area contributed by atoms with Gasteiger partial charge in [0.1, 0.15) is 5.69 Å². The largest absolute Gasteiger partial charge is 0.372 e. The highest BCUT2D eigenvalue weighted by Gasteiger charge is 2.34. The average molecular weight is 608 g/mol. The van der Waals surface area contributed by atoms with Crippen LogP contribution < -0.4 is 10.2 Å². The third-order valence-electron chi connectivity index (χ3n) is 6.67. The van der Waals surface area contributed by atoms with Crippen LogP contribution in [0.5, 0.6) is 0 Å². The molecule has 0 spiro atoms. The Morgan fingerprint density at radius 3 is 2.23 bits per heavy atom. The number of azo groups is 1. The molecule has 0 unspecified atom stereocenters. The number of benzene rings is 3. The molecule has 0 atom stereocenters. The van der Waals surface area contributed by atoms with Gasteiger partial charge in [0.25, 0.3) is 17.5 Å². The minimum Gasteiger partial charge on any atom is -0.372 e. The first-order valence-corrected chi connectivity index (χ1v) is 13.6. The van der Waals surface area contributed by atoms with Gasteiger partial charge in [-0.3, -0.25) is 39.5 Å². The summed E-state index contributed by atoms with van der Waals surface area (Å²) in [6.07, 6.45) is 1.25. The molecule has 1 aliphatic rings. The number of nitrogens with one attached hydrogen (secondary N) is 1. The highest BCUT2D eigenvalue weighted by Crippen LogP contribution is 2.40. The lowest BCUT2D eigenvalue weighted by Crippen LogP contribution is -2.31. The van der Waals surface area contributed by atoms with Crippen LogP contribution in [0.25, 0.3) is 0 Å². The summed E-state index contributed by atoms with van der Waals surface area (Å²) in [7, 11) is 0. The Morgan fingerprint density at radius 1 is 0.977 bits per heavy atom. The van der Waals surface area contributed by atoms with Crippen molar-refractivity contribution in [1.82, 2.24) is 4.90 Å². The molecular formula is C28H26ClN7O7. The highest BCUT2D eigenvalue weighted by atomic mass is 35.5. The van der Waals surface area contributed by atoms with E-state index in [1.807, 2.05) is 11.8 Å². The van der Waals surface area contributed by atoms with Gasteiger partial charge in [0.2, 0.25) is 5.91 Å². The third kappa shape index (κ3) is 6.81. The number of nitro groups is 2. The third-order valence-corrected chi connectivity index (χ3v) is 6.96. The molecule has 0 aromatic heterocycles. The van der Waals surface area contributed by atoms with Crippen LogP contribution in [0.15, 0.2) is 64.8 Å². The van der Waals surface area contributed by atoms with E-state index in [-0.39, 0.29) is 40.4 Å². The van der Waals surface area contributed by atoms with Gasteiger partial charge >= 0.3 is 5.69 Å². The van der Waals surface area contributed by atoms with Crippen LogP contribution in [-0.4, -0.2) is 52.1 Å².